The zero-order valence-corrected chi connectivity index (χ0v) is 22.3. The highest BCUT2D eigenvalue weighted by Crippen LogP contribution is 2.67. The fourth-order valence-corrected chi connectivity index (χ4v) is 8.47. The van der Waals surface area contributed by atoms with Crippen molar-refractivity contribution < 1.29 is 35.2 Å². The Morgan fingerprint density at radius 2 is 1.80 bits per heavy atom. The molecule has 4 rings (SSSR count). The van der Waals surface area contributed by atoms with Crippen molar-refractivity contribution in [1.29, 1.82) is 0 Å². The van der Waals surface area contributed by atoms with Gasteiger partial charge in [0.15, 0.2) is 0 Å². The van der Waals surface area contributed by atoms with Crippen LogP contribution in [-0.4, -0.2) is 72.0 Å². The summed E-state index contributed by atoms with van der Waals surface area (Å²) in [5.41, 5.74) is -0.376. The zero-order valence-electron chi connectivity index (χ0n) is 22.3. The van der Waals surface area contributed by atoms with Gasteiger partial charge in [-0.25, -0.2) is 0 Å². The van der Waals surface area contributed by atoms with Crippen molar-refractivity contribution in [3.8, 4) is 0 Å². The molecular weight excluding hydrogens is 446 g/mol. The van der Waals surface area contributed by atoms with Crippen LogP contribution in [-0.2, 0) is 4.79 Å². The molecule has 202 valence electrons. The minimum Gasteiger partial charge on any atom is -0.550 e. The quantitative estimate of drug-likeness (QED) is 0.331. The first kappa shape index (κ1) is 28.6. The maximum atomic E-state index is 11.4. The smallest absolute Gasteiger partial charge is 0.100 e. The van der Waals surface area contributed by atoms with Crippen LogP contribution in [0.3, 0.4) is 0 Å². The molecule has 5 N–H and O–H groups in total. The molecule has 0 aromatic carbocycles. The molecule has 0 aromatic rings. The average Bonchev–Trinajstić information content (AvgIpc) is 3.13. The summed E-state index contributed by atoms with van der Waals surface area (Å²) >= 11 is 0. The summed E-state index contributed by atoms with van der Waals surface area (Å²) < 4.78 is 0. The van der Waals surface area contributed by atoms with Crippen LogP contribution in [0.4, 0.5) is 0 Å². The first-order valence-corrected chi connectivity index (χ1v) is 13.7. The number of carboxylic acid groups (broad SMARTS) is 1. The van der Waals surface area contributed by atoms with E-state index in [1.165, 1.54) is 4.90 Å². The van der Waals surface area contributed by atoms with Crippen molar-refractivity contribution in [2.75, 3.05) is 27.2 Å². The highest BCUT2D eigenvalue weighted by Gasteiger charge is 2.65. The van der Waals surface area contributed by atoms with Crippen LogP contribution in [0.15, 0.2) is 12.2 Å². The van der Waals surface area contributed by atoms with Crippen molar-refractivity contribution in [2.45, 2.75) is 84.0 Å². The molecule has 0 heterocycles. The van der Waals surface area contributed by atoms with Crippen molar-refractivity contribution in [3.63, 3.8) is 0 Å². The summed E-state index contributed by atoms with van der Waals surface area (Å²) in [6, 6.07) is 0. The molecule has 3 saturated carbocycles. The topological polar surface area (TPSA) is 125 Å². The normalized spacial score (nSPS) is 45.1. The van der Waals surface area contributed by atoms with Gasteiger partial charge in [-0.15, -0.1) is 0 Å². The largest absolute Gasteiger partial charge is 0.550 e. The lowest BCUT2D eigenvalue weighted by molar-refractivity contribution is -0.858. The highest BCUT2D eigenvalue weighted by atomic mass is 16.4. The minimum atomic E-state index is -1.01. The fourth-order valence-electron chi connectivity index (χ4n) is 8.47. The fraction of sp³-hybridized carbons (Fsp3) is 0.893. The molecule has 7 nitrogen and oxygen atoms in total. The molecule has 11 atom stereocenters. The van der Waals surface area contributed by atoms with Gasteiger partial charge in [0.25, 0.3) is 0 Å². The maximum Gasteiger partial charge on any atom is 0.100 e. The van der Waals surface area contributed by atoms with Crippen molar-refractivity contribution in [3.05, 3.63) is 12.2 Å². The van der Waals surface area contributed by atoms with Gasteiger partial charge < -0.3 is 35.2 Å². The van der Waals surface area contributed by atoms with Crippen LogP contribution in [0.2, 0.25) is 0 Å². The number of carbonyl (C=O) groups is 1. The van der Waals surface area contributed by atoms with E-state index in [9.17, 15) is 25.2 Å². The Morgan fingerprint density at radius 1 is 1.11 bits per heavy atom. The Labute approximate surface area is 211 Å². The van der Waals surface area contributed by atoms with E-state index in [0.717, 1.165) is 19.4 Å². The maximum absolute atomic E-state index is 11.4. The summed E-state index contributed by atoms with van der Waals surface area (Å²) in [7, 11) is 4.02. The minimum absolute atomic E-state index is 0.0655. The number of aliphatic hydroxyl groups is 4. The van der Waals surface area contributed by atoms with E-state index < -0.39 is 24.3 Å². The van der Waals surface area contributed by atoms with E-state index >= 15 is 0 Å². The molecule has 3 fully saturated rings. The molecule has 0 aromatic heterocycles. The third kappa shape index (κ3) is 5.49. The Hall–Kier alpha value is -0.990. The molecule has 0 aliphatic heterocycles. The van der Waals surface area contributed by atoms with Gasteiger partial charge in [0.2, 0.25) is 0 Å². The van der Waals surface area contributed by atoms with Gasteiger partial charge in [0.05, 0.1) is 39.0 Å². The Kier molecular flexibility index (Phi) is 9.13. The van der Waals surface area contributed by atoms with Crippen molar-refractivity contribution in [1.82, 2.24) is 0 Å². The molecular formula is C28H49NO6. The monoisotopic (exact) mass is 495 g/mol. The lowest BCUT2D eigenvalue weighted by Crippen LogP contribution is -3.06. The van der Waals surface area contributed by atoms with Gasteiger partial charge in [-0.1, -0.05) is 32.9 Å². The second-order valence-corrected chi connectivity index (χ2v) is 12.7. The van der Waals surface area contributed by atoms with E-state index in [4.69, 9.17) is 5.11 Å². The summed E-state index contributed by atoms with van der Waals surface area (Å²) in [5.74, 6) is 0.336. The molecule has 0 spiro atoms. The molecule has 35 heavy (non-hydrogen) atoms. The first-order valence-electron chi connectivity index (χ1n) is 13.7. The number of aliphatic carboxylic acids is 1. The number of nitrogens with one attached hydrogen (secondary N) is 1. The van der Waals surface area contributed by atoms with Crippen LogP contribution in [0.5, 0.6) is 0 Å². The third-order valence-electron chi connectivity index (χ3n) is 10.5. The standard InChI is InChI=1S/C24H38O5.C4H11NO/c1-13(4-7-21(28)29)16-5-6-17-22-18(12-20(27)24(16,17)3)23(2)9-8-15(25)10-14(23)11-19(22)26;1-5(2)3-4-6/h8-9,13-20,22,25-27H,4-7,10-12H2,1-3H3,(H,28,29);6H,3-4H2,1-2H3. The number of carbonyl (C=O) groups excluding carboxylic acids is 1. The highest BCUT2D eigenvalue weighted by molar-refractivity contribution is 5.64. The predicted molar refractivity (Wildman–Crippen MR) is 132 cm³/mol. The van der Waals surface area contributed by atoms with Gasteiger partial charge in [-0.2, -0.15) is 0 Å². The van der Waals surface area contributed by atoms with Crippen LogP contribution in [0.25, 0.3) is 0 Å². The lowest BCUT2D eigenvalue weighted by atomic mass is 9.44. The number of aliphatic hydroxyl groups excluding tert-OH is 4. The third-order valence-corrected chi connectivity index (χ3v) is 10.5. The number of likely N-dealkylation sites (N-methyl/N-ethyl adjacent to an activating group) is 1. The summed E-state index contributed by atoms with van der Waals surface area (Å²) in [6.45, 7) is 7.70. The molecule has 7 heteroatoms. The van der Waals surface area contributed by atoms with E-state index in [2.05, 4.69) is 26.8 Å². The number of hydrogen-bond donors (Lipinski definition) is 5. The molecule has 0 amide bonds. The number of allylic oxidation sites excluding steroid dienone is 1. The lowest BCUT2D eigenvalue weighted by Gasteiger charge is -2.62. The summed E-state index contributed by atoms with van der Waals surface area (Å²) in [5, 5.41) is 51.9. The molecule has 0 saturated heterocycles. The molecule has 0 radical (unpaired) electrons. The molecule has 0 bridgehead atoms. The number of quaternary nitrogens is 1. The van der Waals surface area contributed by atoms with Gasteiger partial charge in [0, 0.05) is 5.97 Å². The second kappa shape index (κ2) is 11.2. The van der Waals surface area contributed by atoms with Crippen molar-refractivity contribution in [2.24, 2.45) is 46.3 Å². The SMILES string of the molecule is CC(CCC(=O)[O-])C1CCC2C3C(O)CC4CC(O)C=CC4(C)C3CC(O)C12C.C[NH+](C)CCO. The van der Waals surface area contributed by atoms with Gasteiger partial charge in [-0.05, 0) is 91.3 Å². The van der Waals surface area contributed by atoms with E-state index in [1.807, 2.05) is 20.2 Å². The van der Waals surface area contributed by atoms with Crippen molar-refractivity contribution >= 4 is 5.97 Å². The molecule has 4 aliphatic carbocycles. The predicted octanol–water partition coefficient (Wildman–Crippen LogP) is 0.0132. The number of hydrogen-bond acceptors (Lipinski definition) is 6. The van der Waals surface area contributed by atoms with E-state index in [-0.39, 0.29) is 52.8 Å². The average molecular weight is 496 g/mol. The Balaban J connectivity index is 0.000000509. The van der Waals surface area contributed by atoms with Gasteiger partial charge in [0.1, 0.15) is 6.54 Å². The number of rotatable bonds is 6. The summed E-state index contributed by atoms with van der Waals surface area (Å²) in [4.78, 5) is 12.2. The molecule has 4 aliphatic rings. The zero-order chi connectivity index (χ0) is 26.1. The molecule has 11 unspecified atom stereocenters. The number of carboxylic acids is 1. The Morgan fingerprint density at radius 3 is 2.37 bits per heavy atom. The Bertz CT molecular complexity index is 758. The van der Waals surface area contributed by atoms with Crippen LogP contribution in [0.1, 0.15) is 65.7 Å². The van der Waals surface area contributed by atoms with Crippen LogP contribution >= 0.6 is 0 Å². The first-order chi connectivity index (χ1) is 16.4. The van der Waals surface area contributed by atoms with E-state index in [0.29, 0.717) is 32.3 Å². The second-order valence-electron chi connectivity index (χ2n) is 12.7. The van der Waals surface area contributed by atoms with Crippen LogP contribution in [0, 0.1) is 46.3 Å². The van der Waals surface area contributed by atoms with Gasteiger partial charge >= 0.3 is 0 Å². The van der Waals surface area contributed by atoms with Gasteiger partial charge in [-0.3, -0.25) is 0 Å². The van der Waals surface area contributed by atoms with E-state index in [1.54, 1.807) is 0 Å². The number of fused-ring (bicyclic) bond motifs is 5. The van der Waals surface area contributed by atoms with Crippen LogP contribution < -0.4 is 10.0 Å². The summed E-state index contributed by atoms with van der Waals surface area (Å²) in [6.07, 6.45) is 7.49.